The molecule has 0 bridgehead atoms. The Morgan fingerprint density at radius 2 is 2.00 bits per heavy atom. The number of pyridine rings is 1. The van der Waals surface area contributed by atoms with Gasteiger partial charge in [-0.1, -0.05) is 57.2 Å². The number of rotatable bonds is 17. The quantitative estimate of drug-likeness (QED) is 0.136. The van der Waals surface area contributed by atoms with Crippen LogP contribution >= 0.6 is 11.9 Å². The molecule has 1 aromatic heterocycles. The lowest BCUT2D eigenvalue weighted by molar-refractivity contribution is 0.0935. The summed E-state index contributed by atoms with van der Waals surface area (Å²) in [5, 5.41) is 10.7. The van der Waals surface area contributed by atoms with E-state index < -0.39 is 0 Å². The van der Waals surface area contributed by atoms with Gasteiger partial charge in [-0.25, -0.2) is 4.98 Å². The molecule has 1 amide bonds. The van der Waals surface area contributed by atoms with Crippen LogP contribution in [0.1, 0.15) is 62.4 Å². The predicted molar refractivity (Wildman–Crippen MR) is 159 cm³/mol. The minimum absolute atomic E-state index is 0.0323. The van der Waals surface area contributed by atoms with E-state index in [1.807, 2.05) is 31.3 Å². The van der Waals surface area contributed by atoms with Crippen molar-refractivity contribution in [3.63, 3.8) is 0 Å². The Bertz CT molecular complexity index is 983. The number of aromatic nitrogens is 1. The third-order valence-corrected chi connectivity index (χ3v) is 7.60. The summed E-state index contributed by atoms with van der Waals surface area (Å²) in [6, 6.07) is 14.2. The van der Waals surface area contributed by atoms with Crippen LogP contribution in [0.4, 0.5) is 11.6 Å². The summed E-state index contributed by atoms with van der Waals surface area (Å²) in [6.07, 6.45) is 6.96. The molecule has 0 radical (unpaired) electrons. The standard InChI is InChI=1S/C30H45N5OS/c1-6-7-11-15-31-16-14-27(18-24-12-9-8-10-13-24)33-30(36)25-19-28(32-21-26-17-23(26)4)34-29(20-25)35(5)37-22(2)3/h6,8-10,12-13,19-20,22-23,26-27,31H,1,7,11,14-18,21H2,2-5H3,(H,32,34)(H,33,36)/t23-,26+,27+/m0/s1. The summed E-state index contributed by atoms with van der Waals surface area (Å²) in [6.45, 7) is 13.1. The third-order valence-electron chi connectivity index (χ3n) is 6.68. The molecular formula is C30H45N5OS. The molecular weight excluding hydrogens is 478 g/mol. The van der Waals surface area contributed by atoms with Crippen LogP contribution in [0.25, 0.3) is 0 Å². The summed E-state index contributed by atoms with van der Waals surface area (Å²) >= 11 is 1.71. The van der Waals surface area contributed by atoms with E-state index in [9.17, 15) is 4.79 Å². The van der Waals surface area contributed by atoms with Crippen molar-refractivity contribution in [2.24, 2.45) is 11.8 Å². The summed E-state index contributed by atoms with van der Waals surface area (Å²) in [4.78, 5) is 18.4. The highest BCUT2D eigenvalue weighted by Crippen LogP contribution is 2.37. The molecule has 3 N–H and O–H groups in total. The van der Waals surface area contributed by atoms with E-state index in [2.05, 4.69) is 71.9 Å². The summed E-state index contributed by atoms with van der Waals surface area (Å²) in [5.74, 6) is 2.96. The number of hydrogen-bond acceptors (Lipinski definition) is 6. The second-order valence-electron chi connectivity index (χ2n) is 10.4. The molecule has 0 spiro atoms. The molecule has 3 rings (SSSR count). The maximum absolute atomic E-state index is 13.5. The molecule has 6 nitrogen and oxygen atoms in total. The average molecular weight is 524 g/mol. The Labute approximate surface area is 228 Å². The van der Waals surface area contributed by atoms with Gasteiger partial charge >= 0.3 is 0 Å². The number of allylic oxidation sites excluding steroid dienone is 1. The summed E-state index contributed by atoms with van der Waals surface area (Å²) < 4.78 is 2.06. The molecule has 37 heavy (non-hydrogen) atoms. The molecule has 0 aliphatic heterocycles. The highest BCUT2D eigenvalue weighted by molar-refractivity contribution is 8.01. The topological polar surface area (TPSA) is 69.3 Å². The monoisotopic (exact) mass is 523 g/mol. The lowest BCUT2D eigenvalue weighted by Gasteiger charge is -2.22. The smallest absolute Gasteiger partial charge is 0.251 e. The van der Waals surface area contributed by atoms with Gasteiger partial charge in [0, 0.05) is 30.4 Å². The second-order valence-corrected chi connectivity index (χ2v) is 12.1. The Hall–Kier alpha value is -2.51. The van der Waals surface area contributed by atoms with Gasteiger partial charge in [-0.05, 0) is 86.7 Å². The van der Waals surface area contributed by atoms with Crippen LogP contribution in [0.5, 0.6) is 0 Å². The molecule has 1 saturated carbocycles. The first-order chi connectivity index (χ1) is 17.9. The number of nitrogens with zero attached hydrogens (tertiary/aromatic N) is 2. The van der Waals surface area contributed by atoms with Crippen molar-refractivity contribution >= 4 is 29.5 Å². The first-order valence-corrected chi connectivity index (χ1v) is 14.5. The van der Waals surface area contributed by atoms with Crippen LogP contribution in [0.3, 0.4) is 0 Å². The Kier molecular flexibility index (Phi) is 11.8. The molecule has 1 fully saturated rings. The van der Waals surface area contributed by atoms with Gasteiger partial charge in [-0.2, -0.15) is 0 Å². The van der Waals surface area contributed by atoms with Gasteiger partial charge in [0.25, 0.3) is 5.91 Å². The predicted octanol–water partition coefficient (Wildman–Crippen LogP) is 5.93. The van der Waals surface area contributed by atoms with Crippen LogP contribution in [0.15, 0.2) is 55.1 Å². The van der Waals surface area contributed by atoms with Crippen molar-refractivity contribution in [2.75, 3.05) is 36.3 Å². The molecule has 202 valence electrons. The number of carbonyl (C=O) groups is 1. The van der Waals surface area contributed by atoms with Gasteiger partial charge < -0.3 is 20.3 Å². The Balaban J connectivity index is 1.72. The lowest BCUT2D eigenvalue weighted by Crippen LogP contribution is -2.39. The van der Waals surface area contributed by atoms with Crippen molar-refractivity contribution in [3.05, 3.63) is 66.2 Å². The zero-order valence-corrected chi connectivity index (χ0v) is 23.8. The number of nitrogens with one attached hydrogen (secondary N) is 3. The normalized spacial score (nSPS) is 17.3. The summed E-state index contributed by atoms with van der Waals surface area (Å²) in [5.41, 5.74) is 1.87. The van der Waals surface area contributed by atoms with Gasteiger partial charge in [0.2, 0.25) is 0 Å². The van der Waals surface area contributed by atoms with Crippen molar-refractivity contribution in [1.82, 2.24) is 15.6 Å². The Morgan fingerprint density at radius 1 is 1.24 bits per heavy atom. The fourth-order valence-electron chi connectivity index (χ4n) is 4.35. The van der Waals surface area contributed by atoms with Crippen molar-refractivity contribution in [1.29, 1.82) is 0 Å². The van der Waals surface area contributed by atoms with E-state index in [1.54, 1.807) is 11.9 Å². The minimum atomic E-state index is -0.0537. The minimum Gasteiger partial charge on any atom is -0.370 e. The van der Waals surface area contributed by atoms with Crippen LogP contribution in [-0.4, -0.2) is 48.9 Å². The van der Waals surface area contributed by atoms with Crippen LogP contribution in [0, 0.1) is 11.8 Å². The zero-order chi connectivity index (χ0) is 26.6. The first-order valence-electron chi connectivity index (χ1n) is 13.7. The van der Waals surface area contributed by atoms with E-state index >= 15 is 0 Å². The van der Waals surface area contributed by atoms with Gasteiger partial charge in [0.05, 0.1) is 0 Å². The molecule has 1 aromatic carbocycles. The van der Waals surface area contributed by atoms with Crippen molar-refractivity contribution in [3.8, 4) is 0 Å². The molecule has 3 atom stereocenters. The molecule has 2 aromatic rings. The van der Waals surface area contributed by atoms with Crippen LogP contribution in [-0.2, 0) is 6.42 Å². The van der Waals surface area contributed by atoms with E-state index in [1.165, 1.54) is 12.0 Å². The van der Waals surface area contributed by atoms with E-state index in [-0.39, 0.29) is 11.9 Å². The van der Waals surface area contributed by atoms with Crippen LogP contribution in [0.2, 0.25) is 0 Å². The molecule has 1 aliphatic rings. The maximum Gasteiger partial charge on any atom is 0.251 e. The van der Waals surface area contributed by atoms with Crippen LogP contribution < -0.4 is 20.3 Å². The number of unbranched alkanes of at least 4 members (excludes halogenated alkanes) is 1. The van der Waals surface area contributed by atoms with Gasteiger partial charge in [-0.15, -0.1) is 6.58 Å². The van der Waals surface area contributed by atoms with E-state index in [4.69, 9.17) is 4.98 Å². The van der Waals surface area contributed by atoms with Gasteiger partial charge in [-0.3, -0.25) is 4.79 Å². The number of amides is 1. The molecule has 0 unspecified atom stereocenters. The van der Waals surface area contributed by atoms with Crippen molar-refractivity contribution in [2.45, 2.75) is 64.2 Å². The van der Waals surface area contributed by atoms with E-state index in [0.717, 1.165) is 62.9 Å². The first kappa shape index (κ1) is 29.1. The highest BCUT2D eigenvalue weighted by Gasteiger charge is 2.32. The zero-order valence-electron chi connectivity index (χ0n) is 23.0. The van der Waals surface area contributed by atoms with Gasteiger partial charge in [0.1, 0.15) is 11.6 Å². The molecule has 7 heteroatoms. The fraction of sp³-hybridized carbons (Fsp3) is 0.533. The van der Waals surface area contributed by atoms with E-state index in [0.29, 0.717) is 16.7 Å². The van der Waals surface area contributed by atoms with Gasteiger partial charge in [0.15, 0.2) is 0 Å². The number of benzene rings is 1. The fourth-order valence-corrected chi connectivity index (χ4v) is 5.19. The second kappa shape index (κ2) is 15.0. The third kappa shape index (κ3) is 10.4. The Morgan fingerprint density at radius 3 is 2.68 bits per heavy atom. The number of hydrogen-bond donors (Lipinski definition) is 3. The highest BCUT2D eigenvalue weighted by atomic mass is 32.2. The molecule has 0 saturated heterocycles. The average Bonchev–Trinajstić information content (AvgIpc) is 3.59. The molecule has 1 heterocycles. The maximum atomic E-state index is 13.5. The van der Waals surface area contributed by atoms with Crippen molar-refractivity contribution < 1.29 is 4.79 Å². The largest absolute Gasteiger partial charge is 0.370 e. The SMILES string of the molecule is C=CCCCNCC[C@H](Cc1ccccc1)NC(=O)c1cc(NC[C@H]2C[C@@H]2C)nc(N(C)SC(C)C)c1. The summed E-state index contributed by atoms with van der Waals surface area (Å²) in [7, 11) is 2.01. The number of anilines is 2. The lowest BCUT2D eigenvalue weighted by atomic mass is 10.0. The molecule has 1 aliphatic carbocycles. The number of carbonyl (C=O) groups excluding carboxylic acids is 1.